The fraction of sp³-hybridized carbons (Fsp3) is 0.467. The van der Waals surface area contributed by atoms with Gasteiger partial charge in [0, 0.05) is 6.54 Å². The molecule has 0 radical (unpaired) electrons. The lowest BCUT2D eigenvalue weighted by Gasteiger charge is -2.14. The molecule has 0 aliphatic carbocycles. The van der Waals surface area contributed by atoms with Crippen LogP contribution in [-0.2, 0) is 11.2 Å². The van der Waals surface area contributed by atoms with Crippen LogP contribution in [0.4, 0.5) is 4.79 Å². The van der Waals surface area contributed by atoms with Crippen molar-refractivity contribution in [2.75, 3.05) is 25.7 Å². The summed E-state index contributed by atoms with van der Waals surface area (Å²) in [4.78, 5) is 22.7. The molecule has 0 bridgehead atoms. The van der Waals surface area contributed by atoms with Crippen molar-refractivity contribution < 1.29 is 19.4 Å². The van der Waals surface area contributed by atoms with E-state index >= 15 is 0 Å². The van der Waals surface area contributed by atoms with Gasteiger partial charge in [-0.3, -0.25) is 0 Å². The van der Waals surface area contributed by atoms with Crippen LogP contribution in [0.1, 0.15) is 12.0 Å². The quantitative estimate of drug-likeness (QED) is 0.643. The zero-order chi connectivity index (χ0) is 16.4. The van der Waals surface area contributed by atoms with Crippen molar-refractivity contribution in [3.05, 3.63) is 29.8 Å². The molecule has 0 aliphatic rings. The van der Waals surface area contributed by atoms with E-state index in [1.807, 2.05) is 30.5 Å². The largest absolute Gasteiger partial charge is 0.497 e. The van der Waals surface area contributed by atoms with E-state index < -0.39 is 18.0 Å². The van der Waals surface area contributed by atoms with Gasteiger partial charge in [0.1, 0.15) is 11.8 Å². The smallest absolute Gasteiger partial charge is 0.326 e. The molecule has 1 aromatic carbocycles. The Kier molecular flexibility index (Phi) is 8.21. The third-order valence-electron chi connectivity index (χ3n) is 3.07. The summed E-state index contributed by atoms with van der Waals surface area (Å²) in [7, 11) is 1.61. The summed E-state index contributed by atoms with van der Waals surface area (Å²) >= 11 is 1.55. The number of carbonyl (C=O) groups is 2. The minimum absolute atomic E-state index is 0.405. The van der Waals surface area contributed by atoms with Crippen LogP contribution in [0.25, 0.3) is 0 Å². The Morgan fingerprint density at radius 3 is 2.55 bits per heavy atom. The minimum atomic E-state index is -1.01. The summed E-state index contributed by atoms with van der Waals surface area (Å²) in [6.07, 6.45) is 2.97. The molecule has 2 amide bonds. The number of amides is 2. The third-order valence-corrected chi connectivity index (χ3v) is 3.72. The number of carboxylic acids is 1. The average Bonchev–Trinajstić information content (AvgIpc) is 2.51. The number of ether oxygens (including phenoxy) is 1. The Labute approximate surface area is 134 Å². The Morgan fingerprint density at radius 2 is 2.00 bits per heavy atom. The molecule has 0 aromatic heterocycles. The maximum absolute atomic E-state index is 11.7. The second-order valence-electron chi connectivity index (χ2n) is 4.67. The number of hydrogen-bond acceptors (Lipinski definition) is 4. The van der Waals surface area contributed by atoms with Crippen LogP contribution in [0.5, 0.6) is 5.75 Å². The molecule has 1 atom stereocenters. The van der Waals surface area contributed by atoms with Crippen molar-refractivity contribution in [1.82, 2.24) is 10.6 Å². The molecular weight excluding hydrogens is 304 g/mol. The van der Waals surface area contributed by atoms with Gasteiger partial charge >= 0.3 is 12.0 Å². The molecule has 0 fully saturated rings. The number of methoxy groups -OCH3 is 1. The lowest BCUT2D eigenvalue weighted by molar-refractivity contribution is -0.139. The first-order valence-electron chi connectivity index (χ1n) is 6.96. The predicted octanol–water partition coefficient (Wildman–Crippen LogP) is 1.74. The van der Waals surface area contributed by atoms with Gasteiger partial charge in [-0.25, -0.2) is 9.59 Å². The maximum atomic E-state index is 11.7. The molecule has 0 spiro atoms. The topological polar surface area (TPSA) is 87.7 Å². The normalized spacial score (nSPS) is 11.5. The second kappa shape index (κ2) is 9.94. The minimum Gasteiger partial charge on any atom is -0.497 e. The highest BCUT2D eigenvalue weighted by Crippen LogP contribution is 2.11. The number of carbonyl (C=O) groups excluding carboxylic acids is 1. The van der Waals surface area contributed by atoms with E-state index in [4.69, 9.17) is 9.84 Å². The molecule has 122 valence electrons. The van der Waals surface area contributed by atoms with E-state index in [1.165, 1.54) is 0 Å². The van der Waals surface area contributed by atoms with Crippen LogP contribution >= 0.6 is 11.8 Å². The zero-order valence-electron chi connectivity index (χ0n) is 12.8. The first-order chi connectivity index (χ1) is 10.6. The molecule has 0 saturated carbocycles. The van der Waals surface area contributed by atoms with Gasteiger partial charge in [-0.15, -0.1) is 0 Å². The van der Waals surface area contributed by atoms with E-state index in [0.717, 1.165) is 11.3 Å². The van der Waals surface area contributed by atoms with Gasteiger partial charge < -0.3 is 20.5 Å². The Morgan fingerprint density at radius 1 is 1.32 bits per heavy atom. The van der Waals surface area contributed by atoms with Crippen molar-refractivity contribution in [2.24, 2.45) is 0 Å². The fourth-order valence-electron chi connectivity index (χ4n) is 1.81. The van der Waals surface area contributed by atoms with Crippen LogP contribution in [-0.4, -0.2) is 48.8 Å². The average molecular weight is 326 g/mol. The number of hydrogen-bond donors (Lipinski definition) is 3. The Hall–Kier alpha value is -1.89. The van der Waals surface area contributed by atoms with E-state index in [-0.39, 0.29) is 0 Å². The van der Waals surface area contributed by atoms with Gasteiger partial charge in [0.15, 0.2) is 0 Å². The molecule has 0 saturated heterocycles. The molecule has 6 nitrogen and oxygen atoms in total. The van der Waals surface area contributed by atoms with Crippen LogP contribution in [0, 0.1) is 0 Å². The molecule has 1 aromatic rings. The van der Waals surface area contributed by atoms with Gasteiger partial charge in [-0.2, -0.15) is 11.8 Å². The Bertz CT molecular complexity index is 479. The van der Waals surface area contributed by atoms with E-state index in [0.29, 0.717) is 25.1 Å². The molecular formula is C15H22N2O4S. The summed E-state index contributed by atoms with van der Waals surface area (Å²) in [5.74, 6) is 0.454. The highest BCUT2D eigenvalue weighted by molar-refractivity contribution is 7.98. The van der Waals surface area contributed by atoms with Crippen LogP contribution in [0.15, 0.2) is 24.3 Å². The summed E-state index contributed by atoms with van der Waals surface area (Å²) in [5.41, 5.74) is 1.07. The number of urea groups is 1. The first kappa shape index (κ1) is 18.2. The molecule has 0 heterocycles. The van der Waals surface area contributed by atoms with Gasteiger partial charge in [-0.1, -0.05) is 12.1 Å². The highest BCUT2D eigenvalue weighted by atomic mass is 32.2. The van der Waals surface area contributed by atoms with Crippen molar-refractivity contribution in [3.8, 4) is 5.75 Å². The molecule has 0 unspecified atom stereocenters. The molecule has 3 N–H and O–H groups in total. The van der Waals surface area contributed by atoms with Crippen molar-refractivity contribution in [2.45, 2.75) is 18.9 Å². The summed E-state index contributed by atoms with van der Waals surface area (Å²) in [6.45, 7) is 0.438. The number of nitrogens with one attached hydrogen (secondary N) is 2. The van der Waals surface area contributed by atoms with E-state index in [1.54, 1.807) is 18.9 Å². The summed E-state index contributed by atoms with van der Waals surface area (Å²) < 4.78 is 5.07. The van der Waals surface area contributed by atoms with Crippen LogP contribution < -0.4 is 15.4 Å². The summed E-state index contributed by atoms with van der Waals surface area (Å²) in [6, 6.07) is 6.26. The Balaban J connectivity index is 2.33. The number of rotatable bonds is 9. The van der Waals surface area contributed by atoms with Crippen molar-refractivity contribution in [1.29, 1.82) is 0 Å². The van der Waals surface area contributed by atoms with Gasteiger partial charge in [0.2, 0.25) is 0 Å². The van der Waals surface area contributed by atoms with E-state index in [2.05, 4.69) is 10.6 Å². The summed E-state index contributed by atoms with van der Waals surface area (Å²) in [5, 5.41) is 14.2. The van der Waals surface area contributed by atoms with Crippen molar-refractivity contribution >= 4 is 23.8 Å². The second-order valence-corrected chi connectivity index (χ2v) is 5.66. The SMILES string of the molecule is COc1ccc(CCNC(=O)N[C@@H](CCSC)C(=O)O)cc1. The predicted molar refractivity (Wildman–Crippen MR) is 87.7 cm³/mol. The standard InChI is InChI=1S/C15H22N2O4S/c1-21-12-5-3-11(4-6-12)7-9-16-15(20)17-13(14(18)19)8-10-22-2/h3-6,13H,7-10H2,1-2H3,(H,18,19)(H2,16,17,20)/t13-/m0/s1. The maximum Gasteiger partial charge on any atom is 0.326 e. The van der Waals surface area contributed by atoms with Crippen LogP contribution in [0.2, 0.25) is 0 Å². The number of carboxylic acid groups (broad SMARTS) is 1. The van der Waals surface area contributed by atoms with Crippen molar-refractivity contribution in [3.63, 3.8) is 0 Å². The number of thioether (sulfide) groups is 1. The zero-order valence-corrected chi connectivity index (χ0v) is 13.6. The number of benzene rings is 1. The van der Waals surface area contributed by atoms with E-state index in [9.17, 15) is 9.59 Å². The molecule has 22 heavy (non-hydrogen) atoms. The van der Waals surface area contributed by atoms with Gasteiger partial charge in [0.05, 0.1) is 7.11 Å². The monoisotopic (exact) mass is 326 g/mol. The third kappa shape index (κ3) is 6.71. The molecule has 0 aliphatic heterocycles. The van der Waals surface area contributed by atoms with Gasteiger partial charge in [0.25, 0.3) is 0 Å². The fourth-order valence-corrected chi connectivity index (χ4v) is 2.29. The van der Waals surface area contributed by atoms with Gasteiger partial charge in [-0.05, 0) is 42.5 Å². The lowest BCUT2D eigenvalue weighted by Crippen LogP contribution is -2.46. The number of aliphatic carboxylic acids is 1. The van der Waals surface area contributed by atoms with Crippen LogP contribution in [0.3, 0.4) is 0 Å². The molecule has 7 heteroatoms. The molecule has 1 rings (SSSR count). The first-order valence-corrected chi connectivity index (χ1v) is 8.35. The highest BCUT2D eigenvalue weighted by Gasteiger charge is 2.18. The lowest BCUT2D eigenvalue weighted by atomic mass is 10.1.